The van der Waals surface area contributed by atoms with Crippen LogP contribution in [-0.2, 0) is 17.6 Å². The molecule has 0 amide bonds. The van der Waals surface area contributed by atoms with Crippen molar-refractivity contribution >= 4 is 34.7 Å². The topological polar surface area (TPSA) is 62.3 Å². The van der Waals surface area contributed by atoms with Crippen LogP contribution in [0.3, 0.4) is 0 Å². The van der Waals surface area contributed by atoms with Gasteiger partial charge in [0.2, 0.25) is 5.56 Å². The predicted molar refractivity (Wildman–Crippen MR) is 112 cm³/mol. The van der Waals surface area contributed by atoms with Crippen LogP contribution in [0.2, 0.25) is 10.0 Å². The van der Waals surface area contributed by atoms with Crippen molar-refractivity contribution in [3.8, 4) is 0 Å². The number of carbonyl (C=O) groups excluding carboxylic acids is 1. The van der Waals surface area contributed by atoms with Crippen molar-refractivity contribution in [1.29, 1.82) is 0 Å². The molecule has 4 rings (SSSR count). The molecule has 3 aromatic rings. The number of ketones is 1. The average molecular weight is 411 g/mol. The zero-order valence-corrected chi connectivity index (χ0v) is 16.3. The Morgan fingerprint density at radius 2 is 1.86 bits per heavy atom. The average Bonchev–Trinajstić information content (AvgIpc) is 2.81. The highest BCUT2D eigenvalue weighted by Gasteiger charge is 2.27. The van der Waals surface area contributed by atoms with Gasteiger partial charge in [-0.05, 0) is 35.4 Å². The molecule has 2 heterocycles. The fourth-order valence-corrected chi connectivity index (χ4v) is 3.73. The van der Waals surface area contributed by atoms with Crippen molar-refractivity contribution in [1.82, 2.24) is 4.98 Å². The van der Waals surface area contributed by atoms with Crippen LogP contribution in [0, 0.1) is 0 Å². The molecule has 140 valence electrons. The van der Waals surface area contributed by atoms with E-state index in [0.29, 0.717) is 22.2 Å². The Balaban J connectivity index is 1.85. The lowest BCUT2D eigenvalue weighted by atomic mass is 9.95. The largest absolute Gasteiger partial charge is 0.328 e. The molecule has 0 bridgehead atoms. The number of Topliss-reactive ketones (excluding diaryl/α,β-unsaturated/α-hetero) is 1. The molecule has 0 saturated carbocycles. The van der Waals surface area contributed by atoms with Crippen molar-refractivity contribution in [2.45, 2.75) is 18.9 Å². The van der Waals surface area contributed by atoms with Crippen LogP contribution in [0.1, 0.15) is 22.3 Å². The zero-order chi connectivity index (χ0) is 19.7. The number of halogens is 2. The smallest absolute Gasteiger partial charge is 0.247 e. The molecule has 1 aliphatic rings. The van der Waals surface area contributed by atoms with Gasteiger partial charge in [-0.2, -0.15) is 0 Å². The first kappa shape index (κ1) is 18.7. The summed E-state index contributed by atoms with van der Waals surface area (Å²) in [6.07, 6.45) is 2.28. The molecule has 0 fully saturated rings. The Bertz CT molecular complexity index is 1130. The van der Waals surface area contributed by atoms with Gasteiger partial charge in [-0.3, -0.25) is 14.6 Å². The first-order valence-corrected chi connectivity index (χ1v) is 9.58. The van der Waals surface area contributed by atoms with Gasteiger partial charge in [-0.15, -0.1) is 0 Å². The molecule has 28 heavy (non-hydrogen) atoms. The molecule has 0 saturated heterocycles. The molecule has 0 aliphatic carbocycles. The number of nitrogens with zero attached hydrogens (tertiary/aromatic N) is 1. The summed E-state index contributed by atoms with van der Waals surface area (Å²) >= 11 is 12.5. The zero-order valence-electron chi connectivity index (χ0n) is 14.8. The minimum Gasteiger partial charge on any atom is -0.328 e. The molecule has 1 aliphatic heterocycles. The van der Waals surface area contributed by atoms with E-state index in [4.69, 9.17) is 28.2 Å². The van der Waals surface area contributed by atoms with Crippen LogP contribution in [0.4, 0.5) is 0 Å². The summed E-state index contributed by atoms with van der Waals surface area (Å²) in [6.45, 7) is 0. The van der Waals surface area contributed by atoms with Crippen LogP contribution >= 0.6 is 23.2 Å². The molecule has 1 unspecified atom stereocenters. The molecule has 0 radical (unpaired) electrons. The fourth-order valence-electron chi connectivity index (χ4n) is 3.35. The minimum absolute atomic E-state index is 0.0166. The van der Waals surface area contributed by atoms with E-state index in [1.165, 1.54) is 6.07 Å². The highest BCUT2D eigenvalue weighted by molar-refractivity contribution is 6.32. The second-order valence-corrected chi connectivity index (χ2v) is 7.52. The van der Waals surface area contributed by atoms with E-state index in [9.17, 15) is 9.59 Å². The van der Waals surface area contributed by atoms with E-state index in [2.05, 4.69) is 4.98 Å². The van der Waals surface area contributed by atoms with Crippen LogP contribution in [-0.4, -0.2) is 22.5 Å². The normalized spacial score (nSPS) is 16.3. The SMILES string of the molecule is O=C1Cc2ccc(Cl)cc2C(c2ccc(=O)[nH]c2)=NC1Cc1ccccc1Cl. The second-order valence-electron chi connectivity index (χ2n) is 6.68. The summed E-state index contributed by atoms with van der Waals surface area (Å²) in [4.78, 5) is 31.9. The van der Waals surface area contributed by atoms with Gasteiger partial charge in [0.05, 0.1) is 5.71 Å². The molecule has 1 atom stereocenters. The van der Waals surface area contributed by atoms with Crippen LogP contribution in [0.15, 0.2) is 70.6 Å². The summed E-state index contributed by atoms with van der Waals surface area (Å²) in [5.74, 6) is 0.0166. The molecule has 2 aromatic carbocycles. The highest BCUT2D eigenvalue weighted by atomic mass is 35.5. The van der Waals surface area contributed by atoms with Crippen LogP contribution in [0.5, 0.6) is 0 Å². The van der Waals surface area contributed by atoms with Crippen molar-refractivity contribution in [2.24, 2.45) is 4.99 Å². The maximum atomic E-state index is 13.0. The highest BCUT2D eigenvalue weighted by Crippen LogP contribution is 2.26. The number of aromatic nitrogens is 1. The molecule has 4 nitrogen and oxygen atoms in total. The number of benzene rings is 2. The number of pyridine rings is 1. The number of carbonyl (C=O) groups is 1. The quantitative estimate of drug-likeness (QED) is 0.700. The first-order valence-electron chi connectivity index (χ1n) is 8.83. The number of hydrogen-bond acceptors (Lipinski definition) is 3. The number of nitrogens with one attached hydrogen (secondary N) is 1. The van der Waals surface area contributed by atoms with Crippen molar-refractivity contribution in [2.75, 3.05) is 0 Å². The molecule has 1 aromatic heterocycles. The van der Waals surface area contributed by atoms with Gasteiger partial charge in [0.1, 0.15) is 6.04 Å². The molecular formula is C22H16Cl2N2O2. The van der Waals surface area contributed by atoms with Gasteiger partial charge in [-0.1, -0.05) is 47.5 Å². The molecule has 0 spiro atoms. The van der Waals surface area contributed by atoms with Crippen molar-refractivity contribution < 1.29 is 4.79 Å². The Morgan fingerprint density at radius 3 is 2.61 bits per heavy atom. The standard InChI is InChI=1S/C22H16Cl2N2O2/c23-16-7-5-13-10-20(27)19(9-14-3-1-2-4-18(14)24)26-22(17(13)11-16)15-6-8-21(28)25-12-15/h1-8,11-12,19H,9-10H2,(H,25,28). The maximum Gasteiger partial charge on any atom is 0.247 e. The van der Waals surface area contributed by atoms with Gasteiger partial charge in [0.25, 0.3) is 0 Å². The maximum absolute atomic E-state index is 13.0. The van der Waals surface area contributed by atoms with Gasteiger partial charge < -0.3 is 4.98 Å². The third-order valence-corrected chi connectivity index (χ3v) is 5.38. The number of fused-ring (bicyclic) bond motifs is 1. The Kier molecular flexibility index (Phi) is 5.16. The predicted octanol–water partition coefficient (Wildman–Crippen LogP) is 4.26. The van der Waals surface area contributed by atoms with Gasteiger partial charge >= 0.3 is 0 Å². The lowest BCUT2D eigenvalue weighted by Gasteiger charge is -2.12. The lowest BCUT2D eigenvalue weighted by molar-refractivity contribution is -0.119. The van der Waals surface area contributed by atoms with E-state index in [0.717, 1.165) is 22.3 Å². The first-order chi connectivity index (χ1) is 13.5. The van der Waals surface area contributed by atoms with E-state index < -0.39 is 6.04 Å². The number of hydrogen-bond donors (Lipinski definition) is 1. The number of rotatable bonds is 3. The third-order valence-electron chi connectivity index (χ3n) is 4.78. The van der Waals surface area contributed by atoms with E-state index >= 15 is 0 Å². The van der Waals surface area contributed by atoms with E-state index in [1.54, 1.807) is 24.4 Å². The van der Waals surface area contributed by atoms with Gasteiger partial charge in [-0.25, -0.2) is 0 Å². The summed E-state index contributed by atoms with van der Waals surface area (Å²) in [5.41, 5.74) is 3.69. The Labute approximate surface area is 171 Å². The van der Waals surface area contributed by atoms with Crippen molar-refractivity contribution in [3.05, 3.63) is 103 Å². The Hall–Kier alpha value is -2.69. The Morgan fingerprint density at radius 1 is 1.04 bits per heavy atom. The number of H-pyrrole nitrogens is 1. The summed E-state index contributed by atoms with van der Waals surface area (Å²) in [6, 6.07) is 15.5. The van der Waals surface area contributed by atoms with E-state index in [-0.39, 0.29) is 17.8 Å². The number of aliphatic imine (C=N–C) groups is 1. The summed E-state index contributed by atoms with van der Waals surface area (Å²) in [7, 11) is 0. The lowest BCUT2D eigenvalue weighted by Crippen LogP contribution is -2.23. The molecule has 1 N–H and O–H groups in total. The van der Waals surface area contributed by atoms with Gasteiger partial charge in [0, 0.05) is 46.3 Å². The van der Waals surface area contributed by atoms with E-state index in [1.807, 2.05) is 30.3 Å². The third kappa shape index (κ3) is 3.79. The second kappa shape index (κ2) is 7.74. The van der Waals surface area contributed by atoms with Crippen LogP contribution in [0.25, 0.3) is 0 Å². The summed E-state index contributed by atoms with van der Waals surface area (Å²) in [5, 5.41) is 1.17. The summed E-state index contributed by atoms with van der Waals surface area (Å²) < 4.78 is 0. The minimum atomic E-state index is -0.576. The fraction of sp³-hybridized carbons (Fsp3) is 0.136. The molecular weight excluding hydrogens is 395 g/mol. The monoisotopic (exact) mass is 410 g/mol. The van der Waals surface area contributed by atoms with Crippen LogP contribution < -0.4 is 5.56 Å². The molecule has 6 heteroatoms. The van der Waals surface area contributed by atoms with Gasteiger partial charge in [0.15, 0.2) is 5.78 Å². The van der Waals surface area contributed by atoms with Crippen molar-refractivity contribution in [3.63, 3.8) is 0 Å². The number of aromatic amines is 1.